The lowest BCUT2D eigenvalue weighted by Crippen LogP contribution is -2.10. The third-order valence-electron chi connectivity index (χ3n) is 3.07. The van der Waals surface area contributed by atoms with Crippen molar-refractivity contribution < 1.29 is 4.42 Å². The lowest BCUT2D eigenvalue weighted by atomic mass is 10.1. The second-order valence-corrected chi connectivity index (χ2v) is 4.55. The molecular weight excluding hydrogens is 240 g/mol. The highest BCUT2D eigenvalue weighted by molar-refractivity contribution is 5.79. The number of likely N-dealkylation sites (N-methyl/N-ethyl adjacent to an activating group) is 1. The van der Waals surface area contributed by atoms with Gasteiger partial charge in [-0.25, -0.2) is 4.98 Å². The Bertz CT molecular complexity index is 698. The van der Waals surface area contributed by atoms with E-state index in [-0.39, 0.29) is 0 Å². The third kappa shape index (κ3) is 2.37. The van der Waals surface area contributed by atoms with Crippen LogP contribution in [0.3, 0.4) is 0 Å². The van der Waals surface area contributed by atoms with Crippen LogP contribution in [0.25, 0.3) is 22.4 Å². The van der Waals surface area contributed by atoms with E-state index >= 15 is 0 Å². The predicted molar refractivity (Wildman–Crippen MR) is 74.0 cm³/mol. The van der Waals surface area contributed by atoms with Crippen LogP contribution in [0.1, 0.15) is 11.6 Å². The fraction of sp³-hybridized carbons (Fsp3) is 0.286. The monoisotopic (exact) mass is 256 g/mol. The number of nitrogens with zero attached hydrogens (tertiary/aromatic N) is 2. The first-order valence-corrected chi connectivity index (χ1v) is 6.33. The standard InChI is InChI=1S/C14H16N4O/c1-9-16-12-4-3-10(7-14(12)19-9)13-8-11(17-18-13)5-6-15-2/h3-4,7-8,15H,5-6H2,1-2H3,(H,17,18). The SMILES string of the molecule is CNCCc1cc(-c2ccc3nc(C)oc3c2)n[nH]1. The van der Waals surface area contributed by atoms with Gasteiger partial charge in [0.25, 0.3) is 0 Å². The van der Waals surface area contributed by atoms with E-state index in [1.807, 2.05) is 32.2 Å². The van der Waals surface area contributed by atoms with Crippen molar-refractivity contribution in [1.29, 1.82) is 0 Å². The molecule has 2 aromatic heterocycles. The van der Waals surface area contributed by atoms with Gasteiger partial charge in [0, 0.05) is 31.1 Å². The maximum absolute atomic E-state index is 5.54. The van der Waals surface area contributed by atoms with E-state index in [0.717, 1.165) is 41.0 Å². The fourth-order valence-corrected chi connectivity index (χ4v) is 2.10. The van der Waals surface area contributed by atoms with Crippen LogP contribution in [-0.2, 0) is 6.42 Å². The third-order valence-corrected chi connectivity index (χ3v) is 3.07. The van der Waals surface area contributed by atoms with Crippen LogP contribution >= 0.6 is 0 Å². The first kappa shape index (κ1) is 11.9. The second-order valence-electron chi connectivity index (χ2n) is 4.55. The Hall–Kier alpha value is -2.14. The highest BCUT2D eigenvalue weighted by atomic mass is 16.3. The van der Waals surface area contributed by atoms with E-state index < -0.39 is 0 Å². The van der Waals surface area contributed by atoms with Crippen LogP contribution in [0.4, 0.5) is 0 Å². The Kier molecular flexibility index (Phi) is 3.05. The van der Waals surface area contributed by atoms with Crippen LogP contribution < -0.4 is 5.32 Å². The van der Waals surface area contributed by atoms with Crippen molar-refractivity contribution in [1.82, 2.24) is 20.5 Å². The van der Waals surface area contributed by atoms with Crippen molar-refractivity contribution in [3.63, 3.8) is 0 Å². The van der Waals surface area contributed by atoms with Gasteiger partial charge in [-0.2, -0.15) is 5.10 Å². The Morgan fingerprint density at radius 1 is 1.32 bits per heavy atom. The van der Waals surface area contributed by atoms with Gasteiger partial charge in [0.2, 0.25) is 0 Å². The molecule has 2 heterocycles. The van der Waals surface area contributed by atoms with Crippen molar-refractivity contribution in [3.8, 4) is 11.3 Å². The van der Waals surface area contributed by atoms with Gasteiger partial charge in [-0.05, 0) is 25.2 Å². The molecule has 2 N–H and O–H groups in total. The van der Waals surface area contributed by atoms with Crippen LogP contribution in [-0.4, -0.2) is 28.8 Å². The van der Waals surface area contributed by atoms with E-state index in [1.165, 1.54) is 0 Å². The van der Waals surface area contributed by atoms with Gasteiger partial charge < -0.3 is 9.73 Å². The Balaban J connectivity index is 1.92. The average Bonchev–Trinajstić information content (AvgIpc) is 3.00. The summed E-state index contributed by atoms with van der Waals surface area (Å²) in [5.41, 5.74) is 4.78. The van der Waals surface area contributed by atoms with Crippen molar-refractivity contribution in [2.75, 3.05) is 13.6 Å². The van der Waals surface area contributed by atoms with Gasteiger partial charge in [0.05, 0.1) is 5.69 Å². The summed E-state index contributed by atoms with van der Waals surface area (Å²) in [6, 6.07) is 8.03. The summed E-state index contributed by atoms with van der Waals surface area (Å²) in [7, 11) is 1.94. The molecule has 0 saturated heterocycles. The Labute approximate surface area is 111 Å². The van der Waals surface area contributed by atoms with Gasteiger partial charge in [-0.1, -0.05) is 6.07 Å². The summed E-state index contributed by atoms with van der Waals surface area (Å²) in [6.07, 6.45) is 0.938. The summed E-state index contributed by atoms with van der Waals surface area (Å²) < 4.78 is 5.54. The van der Waals surface area contributed by atoms with Crippen LogP contribution in [0.5, 0.6) is 0 Å². The molecule has 0 spiro atoms. The number of oxazole rings is 1. The minimum absolute atomic E-state index is 0.684. The van der Waals surface area contributed by atoms with E-state index in [9.17, 15) is 0 Å². The highest BCUT2D eigenvalue weighted by Gasteiger charge is 2.07. The van der Waals surface area contributed by atoms with Gasteiger partial charge in [0.1, 0.15) is 5.52 Å². The van der Waals surface area contributed by atoms with Gasteiger partial charge in [-0.3, -0.25) is 5.10 Å². The zero-order valence-electron chi connectivity index (χ0n) is 11.0. The molecule has 0 atom stereocenters. The number of rotatable bonds is 4. The Morgan fingerprint density at radius 2 is 2.21 bits per heavy atom. The number of aromatic nitrogens is 3. The Morgan fingerprint density at radius 3 is 3.05 bits per heavy atom. The molecule has 3 rings (SSSR count). The van der Waals surface area contributed by atoms with Gasteiger partial charge in [-0.15, -0.1) is 0 Å². The summed E-state index contributed by atoms with van der Waals surface area (Å²) in [5.74, 6) is 0.684. The van der Waals surface area contributed by atoms with E-state index in [0.29, 0.717) is 5.89 Å². The molecule has 5 heteroatoms. The molecule has 0 unspecified atom stereocenters. The van der Waals surface area contributed by atoms with Crippen molar-refractivity contribution in [2.24, 2.45) is 0 Å². The number of nitrogens with one attached hydrogen (secondary N) is 2. The lowest BCUT2D eigenvalue weighted by Gasteiger charge is -1.95. The van der Waals surface area contributed by atoms with Gasteiger partial charge >= 0.3 is 0 Å². The zero-order chi connectivity index (χ0) is 13.2. The summed E-state index contributed by atoms with van der Waals surface area (Å²) in [4.78, 5) is 4.29. The molecule has 98 valence electrons. The first-order chi connectivity index (χ1) is 9.26. The maximum atomic E-state index is 5.54. The molecule has 1 aromatic carbocycles. The first-order valence-electron chi connectivity index (χ1n) is 6.33. The molecule has 0 radical (unpaired) electrons. The molecule has 0 bridgehead atoms. The minimum Gasteiger partial charge on any atom is -0.441 e. The summed E-state index contributed by atoms with van der Waals surface area (Å²) in [5, 5.41) is 10.5. The van der Waals surface area contributed by atoms with Crippen molar-refractivity contribution >= 4 is 11.1 Å². The molecular formula is C14H16N4O. The van der Waals surface area contributed by atoms with Crippen molar-refractivity contribution in [2.45, 2.75) is 13.3 Å². The van der Waals surface area contributed by atoms with E-state index in [4.69, 9.17) is 4.42 Å². The molecule has 0 aliphatic heterocycles. The summed E-state index contributed by atoms with van der Waals surface area (Å²) >= 11 is 0. The molecule has 19 heavy (non-hydrogen) atoms. The molecule has 3 aromatic rings. The average molecular weight is 256 g/mol. The van der Waals surface area contributed by atoms with E-state index in [1.54, 1.807) is 0 Å². The number of hydrogen-bond acceptors (Lipinski definition) is 4. The number of H-pyrrole nitrogens is 1. The molecule has 0 saturated carbocycles. The molecule has 5 nitrogen and oxygen atoms in total. The lowest BCUT2D eigenvalue weighted by molar-refractivity contribution is 0.561. The quantitative estimate of drug-likeness (QED) is 0.751. The number of hydrogen-bond donors (Lipinski definition) is 2. The number of fused-ring (bicyclic) bond motifs is 1. The highest BCUT2D eigenvalue weighted by Crippen LogP contribution is 2.24. The number of benzene rings is 1. The fourth-order valence-electron chi connectivity index (χ4n) is 2.10. The number of aryl methyl sites for hydroxylation is 1. The maximum Gasteiger partial charge on any atom is 0.192 e. The smallest absolute Gasteiger partial charge is 0.192 e. The number of aromatic amines is 1. The molecule has 0 amide bonds. The minimum atomic E-state index is 0.684. The van der Waals surface area contributed by atoms with Gasteiger partial charge in [0.15, 0.2) is 11.5 Å². The van der Waals surface area contributed by atoms with Crippen LogP contribution in [0.2, 0.25) is 0 Å². The zero-order valence-corrected chi connectivity index (χ0v) is 11.0. The molecule has 0 fully saturated rings. The topological polar surface area (TPSA) is 66.7 Å². The summed E-state index contributed by atoms with van der Waals surface area (Å²) in [6.45, 7) is 2.78. The molecule has 0 aliphatic rings. The van der Waals surface area contributed by atoms with E-state index in [2.05, 4.69) is 26.6 Å². The van der Waals surface area contributed by atoms with Crippen molar-refractivity contribution in [3.05, 3.63) is 35.9 Å². The largest absolute Gasteiger partial charge is 0.441 e. The van der Waals surface area contributed by atoms with Crippen LogP contribution in [0.15, 0.2) is 28.7 Å². The van der Waals surface area contributed by atoms with Crippen LogP contribution in [0, 0.1) is 6.92 Å². The predicted octanol–water partition coefficient (Wildman–Crippen LogP) is 2.29. The molecule has 0 aliphatic carbocycles. The second kappa shape index (κ2) is 4.85. The normalized spacial score (nSPS) is 11.3.